The van der Waals surface area contributed by atoms with Crippen LogP contribution in [-0.4, -0.2) is 28.0 Å². The SMILES string of the molecule is Cc1cc(NC(=O)[C@H]2[C@H](c3ccc(Cl)c(Cl)c3)C2(Cl)Cl)cc(C(=O)Cc2cc(CC(=O)C(F)(F)F)c(F)cc2F)c1Cl. The molecule has 4 nitrogen and oxygen atoms in total. The molecule has 1 aliphatic rings. The zero-order valence-corrected chi connectivity index (χ0v) is 24.9. The van der Waals surface area contributed by atoms with E-state index in [4.69, 9.17) is 58.0 Å². The van der Waals surface area contributed by atoms with E-state index in [2.05, 4.69) is 5.32 Å². The molecule has 2 atom stereocenters. The molecule has 3 aromatic carbocycles. The number of halogens is 10. The first-order valence-corrected chi connectivity index (χ1v) is 13.8. The second-order valence-corrected chi connectivity index (χ2v) is 12.3. The molecule has 0 saturated heterocycles. The van der Waals surface area contributed by atoms with Gasteiger partial charge in [-0.25, -0.2) is 8.78 Å². The standard InChI is InChI=1S/C28H17Cl5F5NO3/c1-11-4-15(39-26(42)24-23(27(24,32)33)12-2-3-17(29)18(30)6-12)9-16(25(11)31)21(40)7-13-5-14(20(35)10-19(13)34)8-22(41)28(36,37)38/h2-6,9-10,23-24H,7-8H2,1H3,(H,39,42)/t23-,24+/m0/s1. The van der Waals surface area contributed by atoms with E-state index in [0.29, 0.717) is 28.3 Å². The van der Waals surface area contributed by atoms with E-state index >= 15 is 0 Å². The molecular weight excluding hydrogens is 671 g/mol. The monoisotopic (exact) mass is 685 g/mol. The van der Waals surface area contributed by atoms with Crippen molar-refractivity contribution in [2.75, 3.05) is 5.32 Å². The lowest BCUT2D eigenvalue weighted by molar-refractivity contribution is -0.170. The average Bonchev–Trinajstić information content (AvgIpc) is 3.46. The number of hydrogen-bond acceptors (Lipinski definition) is 3. The van der Waals surface area contributed by atoms with Crippen LogP contribution in [0.5, 0.6) is 0 Å². The lowest BCUT2D eigenvalue weighted by atomic mass is 9.97. The average molecular weight is 688 g/mol. The molecular formula is C28H17Cl5F5NO3. The van der Waals surface area contributed by atoms with E-state index in [9.17, 15) is 36.3 Å². The zero-order chi connectivity index (χ0) is 31.3. The van der Waals surface area contributed by atoms with Crippen LogP contribution in [0.15, 0.2) is 42.5 Å². The summed E-state index contributed by atoms with van der Waals surface area (Å²) in [6.45, 7) is 1.54. The van der Waals surface area contributed by atoms with Crippen LogP contribution in [0.4, 0.5) is 27.6 Å². The molecule has 0 aromatic heterocycles. The Hall–Kier alpha value is -2.43. The van der Waals surface area contributed by atoms with Gasteiger partial charge in [-0.1, -0.05) is 40.9 Å². The summed E-state index contributed by atoms with van der Waals surface area (Å²) in [5.74, 6) is -7.70. The Morgan fingerprint density at radius 1 is 0.881 bits per heavy atom. The maximum Gasteiger partial charge on any atom is 0.450 e. The second-order valence-electron chi connectivity index (χ2n) is 9.68. The fourth-order valence-electron chi connectivity index (χ4n) is 4.50. The summed E-state index contributed by atoms with van der Waals surface area (Å²) in [7, 11) is 0. The van der Waals surface area contributed by atoms with Gasteiger partial charge in [-0.05, 0) is 59.5 Å². The third-order valence-corrected chi connectivity index (χ3v) is 8.88. The number of ketones is 2. The van der Waals surface area contributed by atoms with Gasteiger partial charge in [0.1, 0.15) is 16.0 Å². The second kappa shape index (κ2) is 11.9. The van der Waals surface area contributed by atoms with Crippen LogP contribution in [0, 0.1) is 24.5 Å². The fraction of sp³-hybridized carbons (Fsp3) is 0.250. The molecule has 1 aliphatic carbocycles. The van der Waals surface area contributed by atoms with Crippen LogP contribution in [0.1, 0.15) is 38.5 Å². The molecule has 222 valence electrons. The maximum absolute atomic E-state index is 14.5. The lowest BCUT2D eigenvalue weighted by Gasteiger charge is -2.13. The summed E-state index contributed by atoms with van der Waals surface area (Å²) in [4.78, 5) is 37.6. The van der Waals surface area contributed by atoms with Crippen LogP contribution >= 0.6 is 58.0 Å². The number of amides is 1. The molecule has 42 heavy (non-hydrogen) atoms. The largest absolute Gasteiger partial charge is 0.450 e. The molecule has 1 amide bonds. The molecule has 1 N–H and O–H groups in total. The van der Waals surface area contributed by atoms with E-state index in [1.165, 1.54) is 25.1 Å². The van der Waals surface area contributed by atoms with Gasteiger partial charge in [0, 0.05) is 36.1 Å². The quantitative estimate of drug-likeness (QED) is 0.146. The number of Topliss-reactive ketones (excluding diaryl/α,β-unsaturated/α-hetero) is 2. The molecule has 4 rings (SSSR count). The van der Waals surface area contributed by atoms with Gasteiger partial charge in [-0.2, -0.15) is 13.2 Å². The van der Waals surface area contributed by atoms with Crippen molar-refractivity contribution < 1.29 is 36.3 Å². The molecule has 0 bridgehead atoms. The van der Waals surface area contributed by atoms with Gasteiger partial charge in [-0.3, -0.25) is 14.4 Å². The molecule has 1 fully saturated rings. The first-order valence-electron chi connectivity index (χ1n) is 12.0. The van der Waals surface area contributed by atoms with Crippen molar-refractivity contribution in [1.82, 2.24) is 0 Å². The van der Waals surface area contributed by atoms with Crippen molar-refractivity contribution in [1.29, 1.82) is 0 Å². The Labute approximate surface area is 261 Å². The van der Waals surface area contributed by atoms with Gasteiger partial charge < -0.3 is 5.32 Å². The number of nitrogens with one attached hydrogen (secondary N) is 1. The van der Waals surface area contributed by atoms with Gasteiger partial charge in [-0.15, -0.1) is 23.2 Å². The summed E-state index contributed by atoms with van der Waals surface area (Å²) < 4.78 is 65.1. The summed E-state index contributed by atoms with van der Waals surface area (Å²) in [5.41, 5.74) is -0.264. The molecule has 0 unspecified atom stereocenters. The Morgan fingerprint density at radius 2 is 1.50 bits per heavy atom. The normalized spacial score (nSPS) is 17.6. The fourth-order valence-corrected chi connectivity index (χ4v) is 5.84. The van der Waals surface area contributed by atoms with Crippen molar-refractivity contribution in [2.24, 2.45) is 5.92 Å². The van der Waals surface area contributed by atoms with Gasteiger partial charge in [0.25, 0.3) is 0 Å². The number of rotatable bonds is 8. The topological polar surface area (TPSA) is 63.2 Å². The number of aryl methyl sites for hydroxylation is 1. The van der Waals surface area contributed by atoms with Crippen LogP contribution < -0.4 is 5.32 Å². The van der Waals surface area contributed by atoms with Crippen molar-refractivity contribution in [3.05, 3.63) is 97.0 Å². The van der Waals surface area contributed by atoms with Crippen LogP contribution in [0.3, 0.4) is 0 Å². The molecule has 0 aliphatic heterocycles. The predicted octanol–water partition coefficient (Wildman–Crippen LogP) is 8.86. The number of hydrogen-bond donors (Lipinski definition) is 1. The minimum absolute atomic E-state index is 0.0304. The highest BCUT2D eigenvalue weighted by molar-refractivity contribution is 6.53. The Kier molecular flexibility index (Phi) is 9.22. The van der Waals surface area contributed by atoms with E-state index in [1.807, 2.05) is 0 Å². The van der Waals surface area contributed by atoms with Crippen molar-refractivity contribution in [2.45, 2.75) is 36.2 Å². The van der Waals surface area contributed by atoms with E-state index in [0.717, 1.165) is 0 Å². The maximum atomic E-state index is 14.5. The molecule has 3 aromatic rings. The van der Waals surface area contributed by atoms with Crippen LogP contribution in [0.2, 0.25) is 15.1 Å². The van der Waals surface area contributed by atoms with Crippen molar-refractivity contribution >= 4 is 81.2 Å². The first-order chi connectivity index (χ1) is 19.4. The summed E-state index contributed by atoms with van der Waals surface area (Å²) in [6.07, 6.45) is -7.32. The third kappa shape index (κ3) is 6.70. The van der Waals surface area contributed by atoms with Gasteiger partial charge in [0.15, 0.2) is 5.78 Å². The Balaban J connectivity index is 1.55. The van der Waals surface area contributed by atoms with Crippen LogP contribution in [0.25, 0.3) is 0 Å². The number of benzene rings is 3. The third-order valence-electron chi connectivity index (χ3n) is 6.69. The first kappa shape index (κ1) is 32.5. The molecule has 0 spiro atoms. The minimum Gasteiger partial charge on any atom is -0.326 e. The number of anilines is 1. The summed E-state index contributed by atoms with van der Waals surface area (Å²) in [6, 6.07) is 8.41. The van der Waals surface area contributed by atoms with Gasteiger partial charge in [0.2, 0.25) is 11.7 Å². The molecule has 1 saturated carbocycles. The Bertz CT molecular complexity index is 1630. The molecule has 0 radical (unpaired) electrons. The Morgan fingerprint density at radius 3 is 2.10 bits per heavy atom. The molecule has 0 heterocycles. The van der Waals surface area contributed by atoms with Gasteiger partial charge >= 0.3 is 6.18 Å². The minimum atomic E-state index is -5.22. The van der Waals surface area contributed by atoms with Gasteiger partial charge in [0.05, 0.1) is 21.0 Å². The van der Waals surface area contributed by atoms with E-state index in [1.54, 1.807) is 12.1 Å². The van der Waals surface area contributed by atoms with Crippen molar-refractivity contribution in [3.63, 3.8) is 0 Å². The van der Waals surface area contributed by atoms with E-state index < -0.39 is 75.4 Å². The summed E-state index contributed by atoms with van der Waals surface area (Å²) >= 11 is 31.1. The van der Waals surface area contributed by atoms with Crippen molar-refractivity contribution in [3.8, 4) is 0 Å². The lowest BCUT2D eigenvalue weighted by Crippen LogP contribution is -2.25. The molecule has 14 heteroatoms. The number of alkyl halides is 5. The van der Waals surface area contributed by atoms with E-state index in [-0.39, 0.29) is 21.3 Å². The highest BCUT2D eigenvalue weighted by Gasteiger charge is 2.67. The van der Waals surface area contributed by atoms with Crippen LogP contribution in [-0.2, 0) is 22.4 Å². The highest BCUT2D eigenvalue weighted by atomic mass is 35.5. The number of carbonyl (C=O) groups is 3. The highest BCUT2D eigenvalue weighted by Crippen LogP contribution is 2.65. The zero-order valence-electron chi connectivity index (χ0n) is 21.1. The summed E-state index contributed by atoms with van der Waals surface area (Å²) in [5, 5.41) is 3.15. The smallest absolute Gasteiger partial charge is 0.326 e. The predicted molar refractivity (Wildman–Crippen MR) is 151 cm³/mol. The number of carbonyl (C=O) groups excluding carboxylic acids is 3.